The SMILES string of the molecule is [C-]#Cc1ccc(CC)cc1.[Pt]. The second-order valence-corrected chi connectivity index (χ2v) is 2.18. The van der Waals surface area contributed by atoms with Gasteiger partial charge in [0, 0.05) is 21.1 Å². The topological polar surface area (TPSA) is 0 Å². The first-order valence-electron chi connectivity index (χ1n) is 3.38. The van der Waals surface area contributed by atoms with E-state index in [1.54, 1.807) is 0 Å². The van der Waals surface area contributed by atoms with Crippen LogP contribution in [-0.2, 0) is 27.5 Å². The van der Waals surface area contributed by atoms with E-state index in [2.05, 4.69) is 12.8 Å². The molecule has 0 aliphatic carbocycles. The maximum atomic E-state index is 6.82. The van der Waals surface area contributed by atoms with Crippen LogP contribution < -0.4 is 0 Å². The van der Waals surface area contributed by atoms with Gasteiger partial charge in [0.15, 0.2) is 0 Å². The molecule has 0 aromatic heterocycles. The summed E-state index contributed by atoms with van der Waals surface area (Å²) in [6.45, 7) is 2.11. The van der Waals surface area contributed by atoms with Gasteiger partial charge >= 0.3 is 0 Å². The zero-order valence-electron chi connectivity index (χ0n) is 6.33. The molecule has 11 heavy (non-hydrogen) atoms. The number of hydrogen-bond donors (Lipinski definition) is 0. The quantitative estimate of drug-likeness (QED) is 0.549. The Hall–Kier alpha value is -0.532. The second kappa shape index (κ2) is 5.16. The van der Waals surface area contributed by atoms with Crippen LogP contribution in [0.2, 0.25) is 0 Å². The fourth-order valence-electron chi connectivity index (χ4n) is 0.824. The van der Waals surface area contributed by atoms with Crippen LogP contribution in [0.1, 0.15) is 18.1 Å². The van der Waals surface area contributed by atoms with Crippen molar-refractivity contribution < 1.29 is 21.1 Å². The summed E-state index contributed by atoms with van der Waals surface area (Å²) < 4.78 is 0. The van der Waals surface area contributed by atoms with Crippen LogP contribution in [0.25, 0.3) is 0 Å². The Kier molecular flexibility index (Phi) is 4.91. The fraction of sp³-hybridized carbons (Fsp3) is 0.200. The molecule has 60 valence electrons. The number of rotatable bonds is 1. The first-order chi connectivity index (χ1) is 4.86. The molecule has 0 aliphatic rings. The van der Waals surface area contributed by atoms with E-state index in [4.69, 9.17) is 6.42 Å². The van der Waals surface area contributed by atoms with E-state index in [-0.39, 0.29) is 21.1 Å². The molecule has 0 saturated heterocycles. The average Bonchev–Trinajstić information content (AvgIpc) is 2.05. The molecule has 0 spiro atoms. The molecule has 0 N–H and O–H groups in total. The van der Waals surface area contributed by atoms with Crippen LogP contribution in [0.4, 0.5) is 0 Å². The summed E-state index contributed by atoms with van der Waals surface area (Å²) in [4.78, 5) is 0. The molecule has 0 atom stereocenters. The Morgan fingerprint density at radius 1 is 1.27 bits per heavy atom. The van der Waals surface area contributed by atoms with Gasteiger partial charge in [0.2, 0.25) is 0 Å². The predicted molar refractivity (Wildman–Crippen MR) is 42.1 cm³/mol. The van der Waals surface area contributed by atoms with E-state index in [0.29, 0.717) is 0 Å². The molecule has 0 amide bonds. The van der Waals surface area contributed by atoms with Crippen molar-refractivity contribution in [3.05, 3.63) is 41.8 Å². The third-order valence-electron chi connectivity index (χ3n) is 1.51. The molecule has 0 unspecified atom stereocenters. The van der Waals surface area contributed by atoms with Gasteiger partial charge in [-0.3, -0.25) is 5.92 Å². The zero-order chi connectivity index (χ0) is 7.40. The van der Waals surface area contributed by atoms with Crippen LogP contribution in [0.5, 0.6) is 0 Å². The second-order valence-electron chi connectivity index (χ2n) is 2.18. The number of benzene rings is 1. The van der Waals surface area contributed by atoms with E-state index in [1.165, 1.54) is 5.56 Å². The summed E-state index contributed by atoms with van der Waals surface area (Å²) in [6.07, 6.45) is 7.88. The maximum Gasteiger partial charge on any atom is 0 e. The Morgan fingerprint density at radius 3 is 2.18 bits per heavy atom. The van der Waals surface area contributed by atoms with E-state index < -0.39 is 0 Å². The average molecular weight is 324 g/mol. The van der Waals surface area contributed by atoms with Crippen molar-refractivity contribution in [1.82, 2.24) is 0 Å². The summed E-state index contributed by atoms with van der Waals surface area (Å²) >= 11 is 0. The van der Waals surface area contributed by atoms with Crippen LogP contribution >= 0.6 is 0 Å². The van der Waals surface area contributed by atoms with Gasteiger partial charge in [-0.15, -0.1) is 17.7 Å². The first-order valence-corrected chi connectivity index (χ1v) is 3.38. The van der Waals surface area contributed by atoms with E-state index >= 15 is 0 Å². The number of hydrogen-bond acceptors (Lipinski definition) is 0. The van der Waals surface area contributed by atoms with Gasteiger partial charge in [-0.25, -0.2) is 0 Å². The molecule has 1 aromatic carbocycles. The normalized spacial score (nSPS) is 8.00. The molecule has 1 heteroatoms. The fourth-order valence-corrected chi connectivity index (χ4v) is 0.824. The standard InChI is InChI=1S/C10H9.Pt/c1-3-9-5-7-10(4-2)8-6-9;/h5-8H,3H2,1H3;/q-1;. The van der Waals surface area contributed by atoms with Crippen molar-refractivity contribution in [2.75, 3.05) is 0 Å². The van der Waals surface area contributed by atoms with Crippen LogP contribution in [0.15, 0.2) is 24.3 Å². The maximum absolute atomic E-state index is 6.82. The zero-order valence-corrected chi connectivity index (χ0v) is 8.60. The van der Waals surface area contributed by atoms with Crippen molar-refractivity contribution >= 4 is 0 Å². The van der Waals surface area contributed by atoms with Gasteiger partial charge in [-0.05, 0) is 6.42 Å². The minimum absolute atomic E-state index is 0. The van der Waals surface area contributed by atoms with Crippen molar-refractivity contribution in [3.63, 3.8) is 0 Å². The van der Waals surface area contributed by atoms with Gasteiger partial charge in [0.25, 0.3) is 0 Å². The Bertz CT molecular complexity index is 241. The summed E-state index contributed by atoms with van der Waals surface area (Å²) in [5, 5.41) is 0. The third kappa shape index (κ3) is 2.91. The minimum Gasteiger partial charge on any atom is -0.366 e. The molecular weight excluding hydrogens is 315 g/mol. The van der Waals surface area contributed by atoms with Gasteiger partial charge in [-0.2, -0.15) is 0 Å². The van der Waals surface area contributed by atoms with Crippen LogP contribution in [0.3, 0.4) is 0 Å². The van der Waals surface area contributed by atoms with E-state index in [0.717, 1.165) is 12.0 Å². The molecule has 0 aliphatic heterocycles. The molecule has 0 bridgehead atoms. The van der Waals surface area contributed by atoms with E-state index in [1.807, 2.05) is 24.3 Å². The smallest absolute Gasteiger partial charge is 0 e. The molecule has 0 heterocycles. The van der Waals surface area contributed by atoms with Crippen LogP contribution in [0, 0.1) is 12.3 Å². The summed E-state index contributed by atoms with van der Waals surface area (Å²) in [6, 6.07) is 7.87. The van der Waals surface area contributed by atoms with Gasteiger partial charge in [-0.1, -0.05) is 24.6 Å². The van der Waals surface area contributed by atoms with Gasteiger partial charge in [0.05, 0.1) is 0 Å². The molecular formula is C10H9Pt-. The molecule has 0 radical (unpaired) electrons. The Balaban J connectivity index is 0.000001000. The summed E-state index contributed by atoms with van der Waals surface area (Å²) in [5.41, 5.74) is 2.15. The van der Waals surface area contributed by atoms with Gasteiger partial charge in [0.1, 0.15) is 0 Å². The molecule has 0 fully saturated rings. The third-order valence-corrected chi connectivity index (χ3v) is 1.51. The Morgan fingerprint density at radius 2 is 1.82 bits per heavy atom. The number of aryl methyl sites for hydroxylation is 1. The van der Waals surface area contributed by atoms with Gasteiger partial charge < -0.3 is 6.42 Å². The first kappa shape index (κ1) is 10.5. The summed E-state index contributed by atoms with van der Waals surface area (Å²) in [7, 11) is 0. The van der Waals surface area contributed by atoms with Crippen molar-refractivity contribution in [1.29, 1.82) is 0 Å². The molecule has 0 saturated carbocycles. The minimum atomic E-state index is 0. The Labute approximate surface area is 82.3 Å². The monoisotopic (exact) mass is 324 g/mol. The van der Waals surface area contributed by atoms with Crippen molar-refractivity contribution in [2.45, 2.75) is 13.3 Å². The van der Waals surface area contributed by atoms with Crippen molar-refractivity contribution in [2.24, 2.45) is 0 Å². The van der Waals surface area contributed by atoms with E-state index in [9.17, 15) is 0 Å². The van der Waals surface area contributed by atoms with Crippen molar-refractivity contribution in [3.8, 4) is 5.92 Å². The summed E-state index contributed by atoms with van der Waals surface area (Å²) in [5.74, 6) is 2.33. The molecule has 0 nitrogen and oxygen atoms in total. The molecule has 1 aromatic rings. The molecule has 1 rings (SSSR count). The predicted octanol–water partition coefficient (Wildman–Crippen LogP) is 2.18. The van der Waals surface area contributed by atoms with Crippen LogP contribution in [-0.4, -0.2) is 0 Å². The largest absolute Gasteiger partial charge is 0.366 e.